The number of rotatable bonds is 3. The fraction of sp³-hybridized carbons (Fsp3) is 0. The number of hydrogen-bond acceptors (Lipinski definition) is 4. The molecule has 0 amide bonds. The third kappa shape index (κ3) is 2.33. The van der Waals surface area contributed by atoms with Gasteiger partial charge < -0.3 is 4.74 Å². The van der Waals surface area contributed by atoms with Crippen LogP contribution in [0.4, 0.5) is 0 Å². The lowest BCUT2D eigenvalue weighted by Gasteiger charge is -2.05. The maximum absolute atomic E-state index is 10.4. The van der Waals surface area contributed by atoms with Crippen molar-refractivity contribution >= 4 is 29.0 Å². The van der Waals surface area contributed by atoms with Crippen LogP contribution in [-0.4, -0.2) is 16.4 Å². The smallest absolute Gasteiger partial charge is 0.298 e. The first-order valence-electron chi connectivity index (χ1n) is 5.91. The molecule has 0 aliphatic heterocycles. The van der Waals surface area contributed by atoms with Crippen LogP contribution in [0, 0.1) is 0 Å². The van der Waals surface area contributed by atoms with Crippen LogP contribution in [0.5, 0.6) is 5.75 Å². The highest BCUT2D eigenvalue weighted by Gasteiger charge is 2.08. The van der Waals surface area contributed by atoms with E-state index in [1.807, 2.05) is 30.3 Å². The third-order valence-corrected chi connectivity index (χ3v) is 3.12. The molecule has 0 spiro atoms. The van der Waals surface area contributed by atoms with Crippen LogP contribution >= 0.6 is 11.6 Å². The highest BCUT2D eigenvalue weighted by molar-refractivity contribution is 6.34. The molecule has 0 N–H and O–H groups in total. The van der Waals surface area contributed by atoms with Gasteiger partial charge in [0.25, 0.3) is 6.47 Å². The molecule has 0 atom stereocenters. The Morgan fingerprint density at radius 1 is 1.05 bits per heavy atom. The highest BCUT2D eigenvalue weighted by Crippen LogP contribution is 2.26. The first kappa shape index (κ1) is 12.6. The zero-order chi connectivity index (χ0) is 13.9. The van der Waals surface area contributed by atoms with Gasteiger partial charge in [-0.2, -0.15) is 0 Å². The summed E-state index contributed by atoms with van der Waals surface area (Å²) >= 11 is 6.17. The van der Waals surface area contributed by atoms with Crippen molar-refractivity contribution in [3.8, 4) is 17.1 Å². The van der Waals surface area contributed by atoms with Crippen LogP contribution in [0.25, 0.3) is 22.3 Å². The van der Waals surface area contributed by atoms with Crippen LogP contribution in [0.2, 0.25) is 5.15 Å². The summed E-state index contributed by atoms with van der Waals surface area (Å²) in [6.45, 7) is 0.382. The maximum atomic E-state index is 10.4. The van der Waals surface area contributed by atoms with Gasteiger partial charge in [-0.15, -0.1) is 0 Å². The second-order valence-electron chi connectivity index (χ2n) is 4.10. The molecule has 0 fully saturated rings. The number of halogens is 1. The molecule has 0 saturated heterocycles. The quantitative estimate of drug-likeness (QED) is 0.546. The second kappa shape index (κ2) is 5.27. The first-order chi connectivity index (χ1) is 9.78. The molecule has 0 aliphatic rings. The Hall–Kier alpha value is -2.46. The minimum atomic E-state index is 0.382. The van der Waals surface area contributed by atoms with Gasteiger partial charge in [-0.05, 0) is 24.3 Å². The summed E-state index contributed by atoms with van der Waals surface area (Å²) in [7, 11) is 0. The average Bonchev–Trinajstić information content (AvgIpc) is 2.48. The second-order valence-corrected chi connectivity index (χ2v) is 4.46. The van der Waals surface area contributed by atoms with E-state index in [9.17, 15) is 4.79 Å². The van der Waals surface area contributed by atoms with Crippen molar-refractivity contribution in [1.29, 1.82) is 0 Å². The molecule has 0 aliphatic carbocycles. The average molecular weight is 285 g/mol. The molecule has 20 heavy (non-hydrogen) atoms. The van der Waals surface area contributed by atoms with Gasteiger partial charge in [0, 0.05) is 10.9 Å². The van der Waals surface area contributed by atoms with E-state index in [0.29, 0.717) is 23.2 Å². The van der Waals surface area contributed by atoms with E-state index in [2.05, 4.69) is 9.97 Å². The van der Waals surface area contributed by atoms with Crippen LogP contribution in [-0.2, 0) is 4.79 Å². The number of carbonyl (C=O) groups excluding carboxylic acids is 1. The largest absolute Gasteiger partial charge is 0.429 e. The summed E-state index contributed by atoms with van der Waals surface area (Å²) in [5, 5.41) is 1.20. The summed E-state index contributed by atoms with van der Waals surface area (Å²) in [6, 6.07) is 14.5. The first-order valence-corrected chi connectivity index (χ1v) is 6.29. The Bertz CT molecular complexity index is 790. The molecular weight excluding hydrogens is 276 g/mol. The number of nitrogens with zero attached hydrogens (tertiary/aromatic N) is 2. The lowest BCUT2D eigenvalue weighted by Crippen LogP contribution is -1.93. The van der Waals surface area contributed by atoms with Crippen LogP contribution in [0.3, 0.4) is 0 Å². The highest BCUT2D eigenvalue weighted by atomic mass is 35.5. The standard InChI is InChI=1S/C15H9ClN2O2/c16-14-12-6-1-2-7-13(12)17-15(18-14)10-4-3-5-11(8-10)20-9-19/h1-9H. The monoisotopic (exact) mass is 284 g/mol. The molecule has 3 rings (SSSR count). The van der Waals surface area contributed by atoms with Crippen molar-refractivity contribution < 1.29 is 9.53 Å². The zero-order valence-corrected chi connectivity index (χ0v) is 11.0. The molecule has 98 valence electrons. The number of para-hydroxylation sites is 1. The van der Waals surface area contributed by atoms with Gasteiger partial charge >= 0.3 is 0 Å². The molecule has 2 aromatic carbocycles. The van der Waals surface area contributed by atoms with Crippen molar-refractivity contribution in [2.75, 3.05) is 0 Å². The maximum Gasteiger partial charge on any atom is 0.298 e. The van der Waals surface area contributed by atoms with E-state index in [0.717, 1.165) is 16.5 Å². The van der Waals surface area contributed by atoms with E-state index < -0.39 is 0 Å². The molecule has 4 nitrogen and oxygen atoms in total. The topological polar surface area (TPSA) is 52.1 Å². The van der Waals surface area contributed by atoms with Gasteiger partial charge in [0.15, 0.2) is 5.82 Å². The van der Waals surface area contributed by atoms with Crippen molar-refractivity contribution in [1.82, 2.24) is 9.97 Å². The predicted molar refractivity (Wildman–Crippen MR) is 76.7 cm³/mol. The van der Waals surface area contributed by atoms with Crippen LogP contribution in [0.15, 0.2) is 48.5 Å². The fourth-order valence-electron chi connectivity index (χ4n) is 1.93. The molecular formula is C15H9ClN2O2. The summed E-state index contributed by atoms with van der Waals surface area (Å²) in [5.41, 5.74) is 1.50. The number of carbonyl (C=O) groups is 1. The number of ether oxygens (including phenoxy) is 1. The van der Waals surface area contributed by atoms with Gasteiger partial charge in [-0.1, -0.05) is 35.9 Å². The lowest BCUT2D eigenvalue weighted by molar-refractivity contribution is -0.120. The molecule has 1 aromatic heterocycles. The minimum Gasteiger partial charge on any atom is -0.429 e. The summed E-state index contributed by atoms with van der Waals surface area (Å²) < 4.78 is 4.82. The molecule has 1 heterocycles. The Balaban J connectivity index is 2.14. The molecule has 0 radical (unpaired) electrons. The van der Waals surface area contributed by atoms with E-state index in [1.54, 1.807) is 18.2 Å². The number of aromatic nitrogens is 2. The van der Waals surface area contributed by atoms with Crippen LogP contribution < -0.4 is 4.74 Å². The Morgan fingerprint density at radius 2 is 1.90 bits per heavy atom. The van der Waals surface area contributed by atoms with E-state index in [4.69, 9.17) is 16.3 Å². The van der Waals surface area contributed by atoms with Crippen molar-refractivity contribution in [3.05, 3.63) is 53.7 Å². The van der Waals surface area contributed by atoms with Gasteiger partial charge in [0.2, 0.25) is 0 Å². The fourth-order valence-corrected chi connectivity index (χ4v) is 2.17. The predicted octanol–water partition coefficient (Wildman–Crippen LogP) is 3.49. The van der Waals surface area contributed by atoms with E-state index in [1.165, 1.54) is 0 Å². The van der Waals surface area contributed by atoms with Gasteiger partial charge in [-0.25, -0.2) is 9.97 Å². The van der Waals surface area contributed by atoms with Gasteiger partial charge in [0.1, 0.15) is 10.9 Å². The van der Waals surface area contributed by atoms with Gasteiger partial charge in [-0.3, -0.25) is 4.79 Å². The SMILES string of the molecule is O=COc1cccc(-c2nc(Cl)c3ccccc3n2)c1. The van der Waals surface area contributed by atoms with Gasteiger partial charge in [0.05, 0.1) is 5.52 Å². The lowest BCUT2D eigenvalue weighted by atomic mass is 10.2. The van der Waals surface area contributed by atoms with Crippen LogP contribution in [0.1, 0.15) is 0 Å². The number of fused-ring (bicyclic) bond motifs is 1. The number of benzene rings is 2. The van der Waals surface area contributed by atoms with Crippen molar-refractivity contribution in [3.63, 3.8) is 0 Å². The summed E-state index contributed by atoms with van der Waals surface area (Å²) in [5.74, 6) is 0.926. The van der Waals surface area contributed by atoms with E-state index >= 15 is 0 Å². The minimum absolute atomic E-state index is 0.382. The normalized spacial score (nSPS) is 10.4. The Kier molecular flexibility index (Phi) is 3.31. The van der Waals surface area contributed by atoms with Crippen molar-refractivity contribution in [2.24, 2.45) is 0 Å². The van der Waals surface area contributed by atoms with E-state index in [-0.39, 0.29) is 0 Å². The molecule has 0 saturated carbocycles. The molecule has 3 aromatic rings. The Morgan fingerprint density at radius 3 is 2.75 bits per heavy atom. The summed E-state index contributed by atoms with van der Waals surface area (Å²) in [6.07, 6.45) is 0. The Labute approximate surface area is 120 Å². The summed E-state index contributed by atoms with van der Waals surface area (Å²) in [4.78, 5) is 19.1. The van der Waals surface area contributed by atoms with Crippen molar-refractivity contribution in [2.45, 2.75) is 0 Å². The molecule has 0 unspecified atom stereocenters. The zero-order valence-electron chi connectivity index (χ0n) is 10.3. The third-order valence-electron chi connectivity index (χ3n) is 2.83. The molecule has 5 heteroatoms. The number of hydrogen-bond donors (Lipinski definition) is 0. The molecule has 0 bridgehead atoms.